The Bertz CT molecular complexity index is 711. The normalized spacial score (nSPS) is 23.1. The van der Waals surface area contributed by atoms with Gasteiger partial charge in [0.1, 0.15) is 5.69 Å². The Morgan fingerprint density at radius 3 is 2.79 bits per heavy atom. The molecule has 2 aromatic rings. The zero-order valence-electron chi connectivity index (χ0n) is 14.1. The topological polar surface area (TPSA) is 52.2 Å². The van der Waals surface area contributed by atoms with Crippen molar-refractivity contribution in [3.05, 3.63) is 53.3 Å². The van der Waals surface area contributed by atoms with Gasteiger partial charge in [-0.15, -0.1) is 0 Å². The molecule has 2 aliphatic heterocycles. The number of nitrogens with zero attached hydrogens (tertiary/aromatic N) is 3. The van der Waals surface area contributed by atoms with E-state index in [1.807, 2.05) is 11.0 Å². The molecule has 2 fully saturated rings. The van der Waals surface area contributed by atoms with Crippen LogP contribution in [0.3, 0.4) is 0 Å². The molecule has 0 radical (unpaired) electrons. The van der Waals surface area contributed by atoms with Crippen molar-refractivity contribution in [2.75, 3.05) is 13.1 Å². The molecule has 0 saturated carbocycles. The predicted octanol–water partition coefficient (Wildman–Crippen LogP) is 2.46. The molecule has 5 nitrogen and oxygen atoms in total. The molecular formula is C19H24N4O. The number of aryl methyl sites for hydroxylation is 1. The Kier molecular flexibility index (Phi) is 4.10. The Hall–Kier alpha value is -2.14. The molecule has 1 aromatic heterocycles. The highest BCUT2D eigenvalue weighted by atomic mass is 16.2. The summed E-state index contributed by atoms with van der Waals surface area (Å²) in [5.41, 5.74) is 2.97. The lowest BCUT2D eigenvalue weighted by molar-refractivity contribution is 0.0610. The van der Waals surface area contributed by atoms with E-state index in [0.29, 0.717) is 17.8 Å². The molecule has 5 heteroatoms. The molecule has 3 heterocycles. The molecule has 24 heavy (non-hydrogen) atoms. The van der Waals surface area contributed by atoms with E-state index in [1.165, 1.54) is 5.56 Å². The zero-order valence-corrected chi connectivity index (χ0v) is 14.1. The van der Waals surface area contributed by atoms with Gasteiger partial charge in [0.25, 0.3) is 5.91 Å². The van der Waals surface area contributed by atoms with Crippen LogP contribution in [-0.2, 0) is 13.0 Å². The van der Waals surface area contributed by atoms with Gasteiger partial charge in [-0.05, 0) is 24.5 Å². The number of benzene rings is 1. The first-order chi connectivity index (χ1) is 11.7. The second-order valence-corrected chi connectivity index (χ2v) is 6.94. The number of carbonyl (C=O) groups excluding carboxylic acids is 1. The molecule has 126 valence electrons. The maximum atomic E-state index is 12.7. The van der Waals surface area contributed by atoms with Crippen LogP contribution in [-0.4, -0.2) is 51.1 Å². The van der Waals surface area contributed by atoms with Crippen LogP contribution in [0.5, 0.6) is 0 Å². The third kappa shape index (κ3) is 2.84. The summed E-state index contributed by atoms with van der Waals surface area (Å²) in [7, 11) is 0. The Morgan fingerprint density at radius 1 is 1.25 bits per heavy atom. The van der Waals surface area contributed by atoms with Crippen LogP contribution in [0.15, 0.2) is 36.4 Å². The number of aromatic amines is 1. The highest BCUT2D eigenvalue weighted by Crippen LogP contribution is 2.32. The molecule has 2 saturated heterocycles. The highest BCUT2D eigenvalue weighted by Gasteiger charge is 2.45. The Morgan fingerprint density at radius 2 is 2.08 bits per heavy atom. The fourth-order valence-corrected chi connectivity index (χ4v) is 4.03. The third-order valence-electron chi connectivity index (χ3n) is 5.21. The van der Waals surface area contributed by atoms with Crippen LogP contribution in [0.2, 0.25) is 0 Å². The molecule has 2 bridgehead atoms. The van der Waals surface area contributed by atoms with E-state index in [9.17, 15) is 4.79 Å². The number of likely N-dealkylation sites (tertiary alicyclic amines) is 2. The molecule has 2 atom stereocenters. The number of hydrogen-bond donors (Lipinski definition) is 1. The predicted molar refractivity (Wildman–Crippen MR) is 92.7 cm³/mol. The van der Waals surface area contributed by atoms with Crippen molar-refractivity contribution < 1.29 is 4.79 Å². The summed E-state index contributed by atoms with van der Waals surface area (Å²) in [5, 5.41) is 7.21. The summed E-state index contributed by atoms with van der Waals surface area (Å²) in [4.78, 5) is 17.3. The summed E-state index contributed by atoms with van der Waals surface area (Å²) < 4.78 is 0. The van der Waals surface area contributed by atoms with Crippen molar-refractivity contribution in [2.45, 2.75) is 44.8 Å². The van der Waals surface area contributed by atoms with Crippen LogP contribution in [0.25, 0.3) is 0 Å². The first kappa shape index (κ1) is 15.4. The van der Waals surface area contributed by atoms with Crippen molar-refractivity contribution in [2.24, 2.45) is 0 Å². The molecule has 1 N–H and O–H groups in total. The summed E-state index contributed by atoms with van der Waals surface area (Å²) in [5.74, 6) is 0.0838. The lowest BCUT2D eigenvalue weighted by Gasteiger charge is -2.33. The lowest BCUT2D eigenvalue weighted by atomic mass is 10.2. The first-order valence-corrected chi connectivity index (χ1v) is 8.88. The minimum absolute atomic E-state index is 0.0838. The molecule has 2 aliphatic rings. The van der Waals surface area contributed by atoms with E-state index in [4.69, 9.17) is 0 Å². The van der Waals surface area contributed by atoms with Crippen molar-refractivity contribution in [1.29, 1.82) is 0 Å². The number of rotatable bonds is 5. The number of amides is 1. The van der Waals surface area contributed by atoms with Crippen LogP contribution in [0.4, 0.5) is 0 Å². The highest BCUT2D eigenvalue weighted by molar-refractivity contribution is 5.93. The quantitative estimate of drug-likeness (QED) is 0.919. The zero-order chi connectivity index (χ0) is 16.5. The molecule has 4 rings (SSSR count). The van der Waals surface area contributed by atoms with Gasteiger partial charge in [-0.3, -0.25) is 14.8 Å². The van der Waals surface area contributed by atoms with Gasteiger partial charge in [0, 0.05) is 37.4 Å². The van der Waals surface area contributed by atoms with Crippen LogP contribution < -0.4 is 0 Å². The summed E-state index contributed by atoms with van der Waals surface area (Å²) in [6.07, 6.45) is 3.08. The number of fused-ring (bicyclic) bond motifs is 2. The molecular weight excluding hydrogens is 300 g/mol. The second-order valence-electron chi connectivity index (χ2n) is 6.94. The summed E-state index contributed by atoms with van der Waals surface area (Å²) in [6.45, 7) is 4.90. The number of H-pyrrole nitrogens is 1. The van der Waals surface area contributed by atoms with Gasteiger partial charge in [-0.25, -0.2) is 0 Å². The first-order valence-electron chi connectivity index (χ1n) is 8.88. The summed E-state index contributed by atoms with van der Waals surface area (Å²) in [6, 6.07) is 13.3. The van der Waals surface area contributed by atoms with E-state index in [0.717, 1.165) is 44.6 Å². The number of piperazine rings is 1. The maximum Gasteiger partial charge on any atom is 0.274 e. The van der Waals surface area contributed by atoms with Gasteiger partial charge in [0.15, 0.2) is 0 Å². The average Bonchev–Trinajstić information content (AvgIpc) is 3.31. The lowest BCUT2D eigenvalue weighted by Crippen LogP contribution is -2.48. The van der Waals surface area contributed by atoms with Gasteiger partial charge in [-0.2, -0.15) is 5.10 Å². The van der Waals surface area contributed by atoms with Crippen molar-refractivity contribution in [3.63, 3.8) is 0 Å². The van der Waals surface area contributed by atoms with E-state index in [-0.39, 0.29) is 5.91 Å². The molecule has 1 aromatic carbocycles. The minimum Gasteiger partial charge on any atom is -0.331 e. The third-order valence-corrected chi connectivity index (χ3v) is 5.21. The van der Waals surface area contributed by atoms with Gasteiger partial charge in [-0.1, -0.05) is 43.7 Å². The maximum absolute atomic E-state index is 12.7. The van der Waals surface area contributed by atoms with Gasteiger partial charge in [0.2, 0.25) is 0 Å². The number of hydrogen-bond acceptors (Lipinski definition) is 3. The van der Waals surface area contributed by atoms with Crippen molar-refractivity contribution >= 4 is 5.91 Å². The standard InChI is InChI=1S/C19H24N4O/c1-2-6-15-9-18(21-20-15)19(24)23-13-16-10-17(23)12-22(16)11-14-7-4-3-5-8-14/h3-5,7-9,16-17H,2,6,10-13H2,1H3,(H,20,21)/t16-,17-/m0/s1. The SMILES string of the molecule is CCCc1cc(C(=O)N2C[C@@H]3C[C@H]2CN3Cc2ccccc2)n[nH]1. The van der Waals surface area contributed by atoms with Crippen molar-refractivity contribution in [1.82, 2.24) is 20.0 Å². The van der Waals surface area contributed by atoms with Gasteiger partial charge in [0.05, 0.1) is 0 Å². The largest absolute Gasteiger partial charge is 0.331 e. The second kappa shape index (κ2) is 6.40. The Labute approximate surface area is 142 Å². The van der Waals surface area contributed by atoms with Crippen LogP contribution in [0, 0.1) is 0 Å². The van der Waals surface area contributed by atoms with Gasteiger partial charge >= 0.3 is 0 Å². The Balaban J connectivity index is 1.39. The fourth-order valence-electron chi connectivity index (χ4n) is 4.03. The van der Waals surface area contributed by atoms with E-state index in [2.05, 4.69) is 52.4 Å². The van der Waals surface area contributed by atoms with Crippen molar-refractivity contribution in [3.8, 4) is 0 Å². The van der Waals surface area contributed by atoms with E-state index >= 15 is 0 Å². The van der Waals surface area contributed by atoms with Crippen LogP contribution >= 0.6 is 0 Å². The molecule has 0 unspecified atom stereocenters. The number of carbonyl (C=O) groups is 1. The molecule has 0 aliphatic carbocycles. The van der Waals surface area contributed by atoms with E-state index < -0.39 is 0 Å². The monoisotopic (exact) mass is 324 g/mol. The fraction of sp³-hybridized carbons (Fsp3) is 0.474. The molecule has 0 spiro atoms. The number of aromatic nitrogens is 2. The average molecular weight is 324 g/mol. The number of nitrogens with one attached hydrogen (secondary N) is 1. The molecule has 1 amide bonds. The van der Waals surface area contributed by atoms with E-state index in [1.54, 1.807) is 0 Å². The minimum atomic E-state index is 0.0838. The smallest absolute Gasteiger partial charge is 0.274 e. The van der Waals surface area contributed by atoms with Gasteiger partial charge < -0.3 is 4.90 Å². The summed E-state index contributed by atoms with van der Waals surface area (Å²) >= 11 is 0. The van der Waals surface area contributed by atoms with Crippen LogP contribution in [0.1, 0.15) is 41.5 Å².